The van der Waals surface area contributed by atoms with E-state index in [1.165, 1.54) is 76.8 Å². The Hall–Kier alpha value is -4.68. The van der Waals surface area contributed by atoms with E-state index in [4.69, 9.17) is 0 Å². The van der Waals surface area contributed by atoms with Crippen LogP contribution in [0.1, 0.15) is 25.0 Å². The average Bonchev–Trinajstić information content (AvgIpc) is 3.22. The van der Waals surface area contributed by atoms with Crippen molar-refractivity contribution in [2.45, 2.75) is 19.3 Å². The quantitative estimate of drug-likeness (QED) is 0.209. The molecule has 184 valence electrons. The van der Waals surface area contributed by atoms with Crippen molar-refractivity contribution in [1.29, 1.82) is 0 Å². The minimum Gasteiger partial charge on any atom is -0.0619 e. The van der Waals surface area contributed by atoms with E-state index in [9.17, 15) is 0 Å². The molecule has 1 aliphatic carbocycles. The van der Waals surface area contributed by atoms with Crippen LogP contribution >= 0.6 is 0 Å². The Balaban J connectivity index is 1.52. The van der Waals surface area contributed by atoms with Gasteiger partial charge in [-0.2, -0.15) is 0 Å². The Labute approximate surface area is 229 Å². The minimum atomic E-state index is -0.0292. The average molecular weight is 497 g/mol. The lowest BCUT2D eigenvalue weighted by Gasteiger charge is -2.22. The molecule has 0 aliphatic heterocycles. The van der Waals surface area contributed by atoms with Crippen LogP contribution < -0.4 is 0 Å². The highest BCUT2D eigenvalue weighted by Gasteiger charge is 2.37. The lowest BCUT2D eigenvalue weighted by atomic mass is 9.80. The van der Waals surface area contributed by atoms with E-state index in [0.29, 0.717) is 0 Å². The van der Waals surface area contributed by atoms with Crippen LogP contribution in [0, 0.1) is 0 Å². The van der Waals surface area contributed by atoms with Crippen LogP contribution in [-0.2, 0) is 5.41 Å². The molecule has 0 unspecified atom stereocenters. The number of hydrogen-bond donors (Lipinski definition) is 0. The van der Waals surface area contributed by atoms with Gasteiger partial charge in [0, 0.05) is 5.41 Å². The van der Waals surface area contributed by atoms with E-state index in [1.54, 1.807) is 0 Å². The molecule has 0 bridgehead atoms. The zero-order valence-corrected chi connectivity index (χ0v) is 22.2. The Morgan fingerprint density at radius 1 is 0.385 bits per heavy atom. The molecule has 0 fully saturated rings. The van der Waals surface area contributed by atoms with E-state index < -0.39 is 0 Å². The monoisotopic (exact) mass is 496 g/mol. The van der Waals surface area contributed by atoms with Crippen molar-refractivity contribution in [2.75, 3.05) is 0 Å². The molecule has 0 N–H and O–H groups in total. The lowest BCUT2D eigenvalue weighted by Crippen LogP contribution is -2.14. The van der Waals surface area contributed by atoms with Crippen molar-refractivity contribution in [3.63, 3.8) is 0 Å². The van der Waals surface area contributed by atoms with Crippen molar-refractivity contribution in [3.8, 4) is 33.4 Å². The summed E-state index contributed by atoms with van der Waals surface area (Å²) >= 11 is 0. The second-order valence-corrected chi connectivity index (χ2v) is 11.3. The van der Waals surface area contributed by atoms with E-state index in [0.717, 1.165) is 0 Å². The summed E-state index contributed by atoms with van der Waals surface area (Å²) in [7, 11) is 0. The molecule has 7 aromatic carbocycles. The van der Waals surface area contributed by atoms with Crippen molar-refractivity contribution >= 4 is 32.3 Å². The lowest BCUT2D eigenvalue weighted by molar-refractivity contribution is 0.660. The zero-order chi connectivity index (χ0) is 26.1. The highest BCUT2D eigenvalue weighted by Crippen LogP contribution is 2.54. The first-order valence-electron chi connectivity index (χ1n) is 13.8. The maximum absolute atomic E-state index is 2.36. The van der Waals surface area contributed by atoms with Gasteiger partial charge in [0.15, 0.2) is 0 Å². The summed E-state index contributed by atoms with van der Waals surface area (Å²) in [4.78, 5) is 0. The van der Waals surface area contributed by atoms with Crippen LogP contribution in [-0.4, -0.2) is 0 Å². The summed E-state index contributed by atoms with van der Waals surface area (Å²) in [6, 6.07) is 49.4. The van der Waals surface area contributed by atoms with E-state index in [-0.39, 0.29) is 5.41 Å². The molecule has 8 rings (SSSR count). The second kappa shape index (κ2) is 8.16. The van der Waals surface area contributed by atoms with Gasteiger partial charge in [-0.3, -0.25) is 0 Å². The van der Waals surface area contributed by atoms with E-state index >= 15 is 0 Å². The molecule has 0 saturated heterocycles. The van der Waals surface area contributed by atoms with Gasteiger partial charge in [0.2, 0.25) is 0 Å². The molecule has 0 radical (unpaired) electrons. The van der Waals surface area contributed by atoms with E-state index in [2.05, 4.69) is 147 Å². The van der Waals surface area contributed by atoms with Crippen molar-refractivity contribution in [2.24, 2.45) is 0 Å². The molecule has 0 aromatic heterocycles. The molecule has 0 saturated carbocycles. The predicted molar refractivity (Wildman–Crippen MR) is 167 cm³/mol. The molecule has 0 nitrogen and oxygen atoms in total. The SMILES string of the molecule is CC1(C)c2ccccc2-c2c(-c3c4ccccc4c(-c4ccc5ccccc5c4)c4ccccc34)cccc21. The molecule has 1 aliphatic rings. The number of rotatable bonds is 2. The summed E-state index contributed by atoms with van der Waals surface area (Å²) < 4.78 is 0. The molecule has 0 heterocycles. The molecular weight excluding hydrogens is 468 g/mol. The Morgan fingerprint density at radius 3 is 1.64 bits per heavy atom. The highest BCUT2D eigenvalue weighted by atomic mass is 14.4. The van der Waals surface area contributed by atoms with Crippen LogP contribution in [0.15, 0.2) is 133 Å². The fourth-order valence-electron chi connectivity index (χ4n) is 7.04. The molecular formula is C39H28. The largest absolute Gasteiger partial charge is 0.0619 e. The van der Waals surface area contributed by atoms with Gasteiger partial charge in [-0.25, -0.2) is 0 Å². The maximum atomic E-state index is 2.36. The summed E-state index contributed by atoms with van der Waals surface area (Å²) in [6.07, 6.45) is 0. The molecule has 39 heavy (non-hydrogen) atoms. The molecule has 0 atom stereocenters. The van der Waals surface area contributed by atoms with Crippen molar-refractivity contribution < 1.29 is 0 Å². The smallest absolute Gasteiger partial charge is 0.0159 e. The topological polar surface area (TPSA) is 0 Å². The second-order valence-electron chi connectivity index (χ2n) is 11.3. The Morgan fingerprint density at radius 2 is 0.923 bits per heavy atom. The van der Waals surface area contributed by atoms with Gasteiger partial charge in [0.05, 0.1) is 0 Å². The maximum Gasteiger partial charge on any atom is 0.0159 e. The van der Waals surface area contributed by atoms with E-state index in [1.807, 2.05) is 0 Å². The fraction of sp³-hybridized carbons (Fsp3) is 0.0769. The molecule has 0 spiro atoms. The van der Waals surface area contributed by atoms with Gasteiger partial charge in [0.1, 0.15) is 0 Å². The summed E-state index contributed by atoms with van der Waals surface area (Å²) in [5, 5.41) is 7.73. The van der Waals surface area contributed by atoms with Gasteiger partial charge < -0.3 is 0 Å². The van der Waals surface area contributed by atoms with Gasteiger partial charge in [-0.1, -0.05) is 141 Å². The van der Waals surface area contributed by atoms with Crippen LogP contribution in [0.2, 0.25) is 0 Å². The van der Waals surface area contributed by atoms with Crippen molar-refractivity contribution in [1.82, 2.24) is 0 Å². The minimum absolute atomic E-state index is 0.0292. The van der Waals surface area contributed by atoms with Crippen LogP contribution in [0.25, 0.3) is 65.7 Å². The Kier molecular flexibility index (Phi) is 4.67. The predicted octanol–water partition coefficient (Wildman–Crippen LogP) is 10.8. The third-order valence-electron chi connectivity index (χ3n) is 8.85. The number of fused-ring (bicyclic) bond motifs is 6. The molecule has 0 amide bonds. The van der Waals surface area contributed by atoms with Gasteiger partial charge in [0.25, 0.3) is 0 Å². The first kappa shape index (κ1) is 22.3. The van der Waals surface area contributed by atoms with Crippen LogP contribution in [0.3, 0.4) is 0 Å². The summed E-state index contributed by atoms with van der Waals surface area (Å²) in [5.74, 6) is 0. The van der Waals surface area contributed by atoms with Gasteiger partial charge in [-0.05, 0) is 82.9 Å². The van der Waals surface area contributed by atoms with Crippen LogP contribution in [0.5, 0.6) is 0 Å². The fourth-order valence-corrected chi connectivity index (χ4v) is 7.04. The molecule has 7 aromatic rings. The summed E-state index contributed by atoms with van der Waals surface area (Å²) in [6.45, 7) is 4.72. The highest BCUT2D eigenvalue weighted by molar-refractivity contribution is 6.23. The first-order valence-corrected chi connectivity index (χ1v) is 13.8. The van der Waals surface area contributed by atoms with Crippen LogP contribution in [0.4, 0.5) is 0 Å². The third-order valence-corrected chi connectivity index (χ3v) is 8.85. The summed E-state index contributed by atoms with van der Waals surface area (Å²) in [5.41, 5.74) is 10.8. The van der Waals surface area contributed by atoms with Gasteiger partial charge >= 0.3 is 0 Å². The zero-order valence-electron chi connectivity index (χ0n) is 22.2. The standard InChI is InChI=1S/C39H28/c1-39(2)34-20-10-9-18-32(34)38-33(19-11-21-35(38)39)37-30-16-7-5-14-28(30)36(29-15-6-8-17-31(29)37)27-23-22-25-12-3-4-13-26(25)24-27/h3-24H,1-2H3. The Bertz CT molecular complexity index is 2030. The normalized spacial score (nSPS) is 13.6. The number of benzene rings is 7. The molecule has 0 heteroatoms. The third kappa shape index (κ3) is 3.12. The van der Waals surface area contributed by atoms with Gasteiger partial charge in [-0.15, -0.1) is 0 Å². The van der Waals surface area contributed by atoms with Crippen molar-refractivity contribution in [3.05, 3.63) is 145 Å². The first-order chi connectivity index (χ1) is 19.1. The number of hydrogen-bond acceptors (Lipinski definition) is 0.